The van der Waals surface area contributed by atoms with Crippen molar-refractivity contribution in [3.05, 3.63) is 30.1 Å². The number of carbonyl (C=O) groups excluding carboxylic acids is 2. The van der Waals surface area contributed by atoms with E-state index in [4.69, 9.17) is 9.84 Å². The largest absolute Gasteiger partial charge is 0.491 e. The summed E-state index contributed by atoms with van der Waals surface area (Å²) in [5.74, 6) is -2.21. The van der Waals surface area contributed by atoms with Crippen molar-refractivity contribution in [2.24, 2.45) is 5.92 Å². The Labute approximate surface area is 157 Å². The van der Waals surface area contributed by atoms with E-state index in [1.165, 1.54) is 29.0 Å². The molecule has 0 saturated carbocycles. The number of likely N-dealkylation sites (tertiary alicyclic amines) is 1. The maximum Gasteiger partial charge on any atom is 0.308 e. The number of hydrogen-bond donors (Lipinski definition) is 1. The van der Waals surface area contributed by atoms with Crippen molar-refractivity contribution >= 4 is 17.8 Å². The Bertz CT molecular complexity index is 682. The summed E-state index contributed by atoms with van der Waals surface area (Å²) in [6, 6.07) is 6.05. The fourth-order valence-corrected chi connectivity index (χ4v) is 2.95. The first-order valence-corrected chi connectivity index (χ1v) is 9.00. The molecule has 1 aromatic rings. The number of nitrogens with zero attached hydrogens (tertiary/aromatic N) is 2. The Morgan fingerprint density at radius 1 is 1.33 bits per heavy atom. The normalized spacial score (nSPS) is 16.7. The molecule has 1 aliphatic heterocycles. The Balaban J connectivity index is 1.71. The molecule has 1 atom stereocenters. The third kappa shape index (κ3) is 6.23. The number of hydrogen-bond acceptors (Lipinski definition) is 4. The van der Waals surface area contributed by atoms with Crippen LogP contribution < -0.4 is 4.74 Å². The van der Waals surface area contributed by atoms with Gasteiger partial charge in [-0.2, -0.15) is 0 Å². The SMILES string of the molecule is CN(CC(=O)N1CCCC(C(=O)O)C1)C(=O)CCCOc1ccccc1F. The summed E-state index contributed by atoms with van der Waals surface area (Å²) < 4.78 is 18.7. The van der Waals surface area contributed by atoms with Gasteiger partial charge in [0.1, 0.15) is 0 Å². The first-order chi connectivity index (χ1) is 12.9. The minimum atomic E-state index is -0.896. The molecule has 0 radical (unpaired) electrons. The van der Waals surface area contributed by atoms with Crippen LogP contribution in [0.4, 0.5) is 4.39 Å². The number of carboxylic acid groups (broad SMARTS) is 1. The highest BCUT2D eigenvalue weighted by Gasteiger charge is 2.28. The van der Waals surface area contributed by atoms with Gasteiger partial charge in [0, 0.05) is 26.6 Å². The van der Waals surface area contributed by atoms with E-state index in [9.17, 15) is 18.8 Å². The zero-order chi connectivity index (χ0) is 19.8. The first kappa shape index (κ1) is 20.7. The van der Waals surface area contributed by atoms with Gasteiger partial charge in [-0.3, -0.25) is 14.4 Å². The van der Waals surface area contributed by atoms with E-state index in [0.717, 1.165) is 0 Å². The molecule has 148 valence electrons. The van der Waals surface area contributed by atoms with Gasteiger partial charge in [-0.15, -0.1) is 0 Å². The summed E-state index contributed by atoms with van der Waals surface area (Å²) in [6.07, 6.45) is 1.79. The topological polar surface area (TPSA) is 87.2 Å². The number of amides is 2. The molecule has 7 nitrogen and oxygen atoms in total. The quantitative estimate of drug-likeness (QED) is 0.695. The molecule has 1 aromatic carbocycles. The van der Waals surface area contributed by atoms with Gasteiger partial charge in [0.05, 0.1) is 19.1 Å². The number of ether oxygens (including phenoxy) is 1. The van der Waals surface area contributed by atoms with Crippen molar-refractivity contribution in [2.75, 3.05) is 33.3 Å². The van der Waals surface area contributed by atoms with Crippen molar-refractivity contribution in [2.45, 2.75) is 25.7 Å². The highest BCUT2D eigenvalue weighted by atomic mass is 19.1. The third-order valence-electron chi connectivity index (χ3n) is 4.55. The monoisotopic (exact) mass is 380 g/mol. The van der Waals surface area contributed by atoms with Crippen LogP contribution in [0.1, 0.15) is 25.7 Å². The van der Waals surface area contributed by atoms with Crippen LogP contribution in [0.2, 0.25) is 0 Å². The molecule has 2 rings (SSSR count). The van der Waals surface area contributed by atoms with Crippen molar-refractivity contribution < 1.29 is 28.6 Å². The fraction of sp³-hybridized carbons (Fsp3) is 0.526. The maximum absolute atomic E-state index is 13.4. The predicted octanol–water partition coefficient (Wildman–Crippen LogP) is 1.77. The average Bonchev–Trinajstić information content (AvgIpc) is 2.66. The van der Waals surface area contributed by atoms with E-state index in [-0.39, 0.29) is 43.7 Å². The Morgan fingerprint density at radius 2 is 2.07 bits per heavy atom. The molecule has 27 heavy (non-hydrogen) atoms. The molecule has 0 spiro atoms. The molecule has 0 aliphatic carbocycles. The van der Waals surface area contributed by atoms with Gasteiger partial charge in [0.25, 0.3) is 0 Å². The molecular formula is C19H25FN2O5. The van der Waals surface area contributed by atoms with Crippen LogP contribution in [-0.4, -0.2) is 66.0 Å². The van der Waals surface area contributed by atoms with Crippen molar-refractivity contribution in [1.82, 2.24) is 9.80 Å². The Kier molecular flexibility index (Phi) is 7.57. The van der Waals surface area contributed by atoms with E-state index in [2.05, 4.69) is 0 Å². The van der Waals surface area contributed by atoms with E-state index < -0.39 is 17.7 Å². The first-order valence-electron chi connectivity index (χ1n) is 9.00. The number of halogens is 1. The highest BCUT2D eigenvalue weighted by Crippen LogP contribution is 2.17. The molecule has 8 heteroatoms. The number of rotatable bonds is 8. The van der Waals surface area contributed by atoms with Gasteiger partial charge >= 0.3 is 5.97 Å². The lowest BCUT2D eigenvalue weighted by Gasteiger charge is -2.32. The van der Waals surface area contributed by atoms with Crippen LogP contribution in [0.3, 0.4) is 0 Å². The number of para-hydroxylation sites is 1. The number of carbonyl (C=O) groups is 3. The van der Waals surface area contributed by atoms with E-state index in [1.807, 2.05) is 0 Å². The second-order valence-corrected chi connectivity index (χ2v) is 6.65. The second-order valence-electron chi connectivity index (χ2n) is 6.65. The van der Waals surface area contributed by atoms with Gasteiger partial charge < -0.3 is 19.6 Å². The number of benzene rings is 1. The molecule has 2 amide bonds. The maximum atomic E-state index is 13.4. The molecule has 1 N–H and O–H groups in total. The third-order valence-corrected chi connectivity index (χ3v) is 4.55. The van der Waals surface area contributed by atoms with Gasteiger partial charge in [0.2, 0.25) is 11.8 Å². The standard InChI is InChI=1S/C19H25FN2O5/c1-21(13-18(24)22-10-4-6-14(12-22)19(25)26)17(23)9-5-11-27-16-8-3-2-7-15(16)20/h2-3,7-8,14H,4-6,9-13H2,1H3,(H,25,26). The molecule has 0 bridgehead atoms. The summed E-state index contributed by atoms with van der Waals surface area (Å²) >= 11 is 0. The molecule has 0 aromatic heterocycles. The van der Waals surface area contributed by atoms with Gasteiger partial charge in [-0.25, -0.2) is 4.39 Å². The fourth-order valence-electron chi connectivity index (χ4n) is 2.95. The lowest BCUT2D eigenvalue weighted by molar-refractivity contribution is -0.147. The highest BCUT2D eigenvalue weighted by molar-refractivity contribution is 5.85. The van der Waals surface area contributed by atoms with Crippen LogP contribution in [0.25, 0.3) is 0 Å². The minimum absolute atomic E-state index is 0.0840. The molecule has 1 unspecified atom stereocenters. The lowest BCUT2D eigenvalue weighted by Crippen LogP contribution is -2.46. The number of aliphatic carboxylic acids is 1. The second kappa shape index (κ2) is 9.89. The summed E-state index contributed by atoms with van der Waals surface area (Å²) in [7, 11) is 1.54. The Morgan fingerprint density at radius 3 is 2.78 bits per heavy atom. The van der Waals surface area contributed by atoms with E-state index in [1.54, 1.807) is 12.1 Å². The van der Waals surface area contributed by atoms with Crippen LogP contribution in [0, 0.1) is 11.7 Å². The summed E-state index contributed by atoms with van der Waals surface area (Å²) in [6.45, 7) is 0.814. The summed E-state index contributed by atoms with van der Waals surface area (Å²) in [5.41, 5.74) is 0. The number of piperidine rings is 1. The van der Waals surface area contributed by atoms with E-state index in [0.29, 0.717) is 25.8 Å². The van der Waals surface area contributed by atoms with Crippen LogP contribution in [0.5, 0.6) is 5.75 Å². The van der Waals surface area contributed by atoms with Crippen LogP contribution in [0.15, 0.2) is 24.3 Å². The summed E-state index contributed by atoms with van der Waals surface area (Å²) in [5, 5.41) is 9.09. The number of likely N-dealkylation sites (N-methyl/N-ethyl adjacent to an activating group) is 1. The number of carboxylic acids is 1. The van der Waals surface area contributed by atoms with E-state index >= 15 is 0 Å². The molecule has 1 saturated heterocycles. The minimum Gasteiger partial charge on any atom is -0.491 e. The smallest absolute Gasteiger partial charge is 0.308 e. The zero-order valence-electron chi connectivity index (χ0n) is 15.4. The molecule has 1 aliphatic rings. The van der Waals surface area contributed by atoms with Gasteiger partial charge in [-0.05, 0) is 31.4 Å². The summed E-state index contributed by atoms with van der Waals surface area (Å²) in [4.78, 5) is 38.4. The predicted molar refractivity (Wildman–Crippen MR) is 95.7 cm³/mol. The van der Waals surface area contributed by atoms with Crippen LogP contribution >= 0.6 is 0 Å². The van der Waals surface area contributed by atoms with Crippen molar-refractivity contribution in [1.29, 1.82) is 0 Å². The average molecular weight is 380 g/mol. The van der Waals surface area contributed by atoms with Gasteiger partial charge in [-0.1, -0.05) is 12.1 Å². The lowest BCUT2D eigenvalue weighted by atomic mass is 9.98. The molecule has 1 heterocycles. The van der Waals surface area contributed by atoms with Crippen LogP contribution in [-0.2, 0) is 14.4 Å². The van der Waals surface area contributed by atoms with Crippen molar-refractivity contribution in [3.8, 4) is 5.75 Å². The Hall–Kier alpha value is -2.64. The molecular weight excluding hydrogens is 355 g/mol. The van der Waals surface area contributed by atoms with Gasteiger partial charge in [0.15, 0.2) is 11.6 Å². The zero-order valence-corrected chi connectivity index (χ0v) is 15.4. The molecule has 1 fully saturated rings. The van der Waals surface area contributed by atoms with Crippen molar-refractivity contribution in [3.63, 3.8) is 0 Å².